The van der Waals surface area contributed by atoms with Crippen LogP contribution in [-0.2, 0) is 22.4 Å². The minimum Gasteiger partial charge on any atom is -0.368 e. The molecule has 4 nitrogen and oxygen atoms in total. The molecule has 126 valence electrons. The molecule has 2 N–H and O–H groups in total. The summed E-state index contributed by atoms with van der Waals surface area (Å²) in [5.41, 5.74) is 9.81. The molecule has 2 unspecified atom stereocenters. The Bertz CT molecular complexity index is 552. The van der Waals surface area contributed by atoms with Gasteiger partial charge in [-0.2, -0.15) is 0 Å². The van der Waals surface area contributed by atoms with Crippen LogP contribution in [-0.4, -0.2) is 31.2 Å². The SMILES string of the molecule is CCCC(N)Cc1ccc2c(c1)CCCN2C(=O)C1CCCO1. The second kappa shape index (κ2) is 7.45. The summed E-state index contributed by atoms with van der Waals surface area (Å²) in [7, 11) is 0. The Labute approximate surface area is 139 Å². The van der Waals surface area contributed by atoms with Gasteiger partial charge in [-0.1, -0.05) is 25.5 Å². The van der Waals surface area contributed by atoms with Crippen LogP contribution in [0.15, 0.2) is 18.2 Å². The molecule has 0 aromatic heterocycles. The van der Waals surface area contributed by atoms with Crippen molar-refractivity contribution in [1.82, 2.24) is 0 Å². The van der Waals surface area contributed by atoms with Gasteiger partial charge in [0.05, 0.1) is 0 Å². The maximum atomic E-state index is 12.7. The van der Waals surface area contributed by atoms with Gasteiger partial charge < -0.3 is 15.4 Å². The first-order valence-corrected chi connectivity index (χ1v) is 8.99. The lowest BCUT2D eigenvalue weighted by atomic mass is 9.95. The van der Waals surface area contributed by atoms with Crippen molar-refractivity contribution in [1.29, 1.82) is 0 Å². The zero-order chi connectivity index (χ0) is 16.2. The maximum Gasteiger partial charge on any atom is 0.256 e. The molecule has 1 aromatic rings. The molecule has 4 heteroatoms. The molecule has 1 aromatic carbocycles. The van der Waals surface area contributed by atoms with Crippen LogP contribution >= 0.6 is 0 Å². The van der Waals surface area contributed by atoms with Crippen molar-refractivity contribution in [2.24, 2.45) is 5.73 Å². The Morgan fingerprint density at radius 3 is 3.04 bits per heavy atom. The van der Waals surface area contributed by atoms with Gasteiger partial charge in [-0.05, 0) is 55.7 Å². The van der Waals surface area contributed by atoms with E-state index in [4.69, 9.17) is 10.5 Å². The van der Waals surface area contributed by atoms with Crippen LogP contribution in [0.25, 0.3) is 0 Å². The molecule has 1 amide bonds. The zero-order valence-corrected chi connectivity index (χ0v) is 14.1. The van der Waals surface area contributed by atoms with Gasteiger partial charge in [-0.3, -0.25) is 4.79 Å². The normalized spacial score (nSPS) is 22.0. The van der Waals surface area contributed by atoms with Gasteiger partial charge in [0, 0.05) is 24.9 Å². The third kappa shape index (κ3) is 3.75. The second-order valence-electron chi connectivity index (χ2n) is 6.81. The van der Waals surface area contributed by atoms with Crippen LogP contribution in [0.5, 0.6) is 0 Å². The first-order chi connectivity index (χ1) is 11.2. The summed E-state index contributed by atoms with van der Waals surface area (Å²) in [6.07, 6.45) is 6.77. The third-order valence-corrected chi connectivity index (χ3v) is 4.89. The first kappa shape index (κ1) is 16.5. The summed E-state index contributed by atoms with van der Waals surface area (Å²) in [5.74, 6) is 0.138. The average molecular weight is 316 g/mol. The third-order valence-electron chi connectivity index (χ3n) is 4.89. The number of carbonyl (C=O) groups is 1. The molecular formula is C19H28N2O2. The second-order valence-corrected chi connectivity index (χ2v) is 6.81. The van der Waals surface area contributed by atoms with Crippen LogP contribution < -0.4 is 10.6 Å². The van der Waals surface area contributed by atoms with Crippen LogP contribution in [0.1, 0.15) is 50.2 Å². The number of rotatable bonds is 5. The number of amides is 1. The predicted molar refractivity (Wildman–Crippen MR) is 92.7 cm³/mol. The molecule has 2 atom stereocenters. The number of carbonyl (C=O) groups excluding carboxylic acids is 1. The minimum absolute atomic E-state index is 0.138. The van der Waals surface area contributed by atoms with Crippen molar-refractivity contribution >= 4 is 11.6 Å². The summed E-state index contributed by atoms with van der Waals surface area (Å²) in [6, 6.07) is 6.72. The maximum absolute atomic E-state index is 12.7. The Morgan fingerprint density at radius 1 is 1.43 bits per heavy atom. The number of nitrogens with zero attached hydrogens (tertiary/aromatic N) is 1. The fourth-order valence-corrected chi connectivity index (χ4v) is 3.73. The van der Waals surface area contributed by atoms with Crippen molar-refractivity contribution in [3.8, 4) is 0 Å². The van der Waals surface area contributed by atoms with Crippen LogP contribution in [0.2, 0.25) is 0 Å². The van der Waals surface area contributed by atoms with E-state index in [1.807, 2.05) is 4.90 Å². The highest BCUT2D eigenvalue weighted by Crippen LogP contribution is 2.30. The van der Waals surface area contributed by atoms with Gasteiger partial charge >= 0.3 is 0 Å². The average Bonchev–Trinajstić information content (AvgIpc) is 3.08. The highest BCUT2D eigenvalue weighted by Gasteiger charge is 2.31. The summed E-state index contributed by atoms with van der Waals surface area (Å²) < 4.78 is 5.58. The largest absolute Gasteiger partial charge is 0.368 e. The number of anilines is 1. The Kier molecular flexibility index (Phi) is 5.34. The molecule has 0 radical (unpaired) electrons. The molecule has 23 heavy (non-hydrogen) atoms. The molecule has 2 aliphatic heterocycles. The number of hydrogen-bond acceptors (Lipinski definition) is 3. The lowest BCUT2D eigenvalue weighted by Crippen LogP contribution is -2.42. The van der Waals surface area contributed by atoms with Crippen molar-refractivity contribution < 1.29 is 9.53 Å². The lowest BCUT2D eigenvalue weighted by Gasteiger charge is -2.31. The number of fused-ring (bicyclic) bond motifs is 1. The Balaban J connectivity index is 1.75. The van der Waals surface area contributed by atoms with Crippen LogP contribution in [0.3, 0.4) is 0 Å². The quantitative estimate of drug-likeness (QED) is 0.909. The van der Waals surface area contributed by atoms with Crippen molar-refractivity contribution in [2.45, 2.75) is 64.0 Å². The molecule has 2 aliphatic rings. The van der Waals surface area contributed by atoms with Crippen LogP contribution in [0, 0.1) is 0 Å². The Morgan fingerprint density at radius 2 is 2.30 bits per heavy atom. The first-order valence-electron chi connectivity index (χ1n) is 8.99. The van der Waals surface area contributed by atoms with Gasteiger partial charge in [0.25, 0.3) is 5.91 Å². The van der Waals surface area contributed by atoms with Crippen molar-refractivity contribution in [3.63, 3.8) is 0 Å². The van der Waals surface area contributed by atoms with E-state index in [-0.39, 0.29) is 18.1 Å². The van der Waals surface area contributed by atoms with Crippen molar-refractivity contribution in [3.05, 3.63) is 29.3 Å². The van der Waals surface area contributed by atoms with E-state index in [9.17, 15) is 4.79 Å². The predicted octanol–water partition coefficient (Wildman–Crippen LogP) is 2.81. The standard InChI is InChI=1S/C19H28N2O2/c1-2-5-16(20)13-14-8-9-17-15(12-14)6-3-10-21(17)19(22)18-7-4-11-23-18/h8-9,12,16,18H,2-7,10-11,13,20H2,1H3. The fourth-order valence-electron chi connectivity index (χ4n) is 3.73. The summed E-state index contributed by atoms with van der Waals surface area (Å²) in [5, 5.41) is 0. The Hall–Kier alpha value is -1.39. The van der Waals surface area contributed by atoms with Gasteiger partial charge in [-0.15, -0.1) is 0 Å². The lowest BCUT2D eigenvalue weighted by molar-refractivity contribution is -0.127. The number of benzene rings is 1. The van der Waals surface area contributed by atoms with E-state index in [1.54, 1.807) is 0 Å². The van der Waals surface area contributed by atoms with E-state index < -0.39 is 0 Å². The van der Waals surface area contributed by atoms with Gasteiger partial charge in [0.2, 0.25) is 0 Å². The summed E-state index contributed by atoms with van der Waals surface area (Å²) in [6.45, 7) is 3.69. The highest BCUT2D eigenvalue weighted by atomic mass is 16.5. The number of aryl methyl sites for hydroxylation is 1. The molecule has 1 fully saturated rings. The van der Waals surface area contributed by atoms with Crippen molar-refractivity contribution in [2.75, 3.05) is 18.1 Å². The topological polar surface area (TPSA) is 55.6 Å². The molecule has 0 spiro atoms. The molecular weight excluding hydrogens is 288 g/mol. The van der Waals surface area contributed by atoms with Gasteiger partial charge in [0.15, 0.2) is 0 Å². The molecule has 2 heterocycles. The van der Waals surface area contributed by atoms with Gasteiger partial charge in [-0.25, -0.2) is 0 Å². The smallest absolute Gasteiger partial charge is 0.256 e. The molecule has 1 saturated heterocycles. The van der Waals surface area contributed by atoms with E-state index in [1.165, 1.54) is 11.1 Å². The van der Waals surface area contributed by atoms with E-state index in [0.717, 1.165) is 57.2 Å². The minimum atomic E-state index is -0.237. The zero-order valence-electron chi connectivity index (χ0n) is 14.1. The fraction of sp³-hybridized carbons (Fsp3) is 0.632. The van der Waals surface area contributed by atoms with Gasteiger partial charge in [0.1, 0.15) is 6.10 Å². The molecule has 0 saturated carbocycles. The number of ether oxygens (including phenoxy) is 1. The molecule has 0 aliphatic carbocycles. The summed E-state index contributed by atoms with van der Waals surface area (Å²) in [4.78, 5) is 14.6. The number of hydrogen-bond donors (Lipinski definition) is 1. The highest BCUT2D eigenvalue weighted by molar-refractivity contribution is 5.97. The molecule has 3 rings (SSSR count). The monoisotopic (exact) mass is 316 g/mol. The van der Waals surface area contributed by atoms with E-state index in [2.05, 4.69) is 25.1 Å². The van der Waals surface area contributed by atoms with E-state index >= 15 is 0 Å². The summed E-state index contributed by atoms with van der Waals surface area (Å²) >= 11 is 0. The van der Waals surface area contributed by atoms with E-state index in [0.29, 0.717) is 6.61 Å². The van der Waals surface area contributed by atoms with Crippen LogP contribution in [0.4, 0.5) is 5.69 Å². The molecule has 0 bridgehead atoms. The number of nitrogens with two attached hydrogens (primary N) is 1.